The summed E-state index contributed by atoms with van der Waals surface area (Å²) in [4.78, 5) is 21.5. The van der Waals surface area contributed by atoms with Gasteiger partial charge in [-0.1, -0.05) is 0 Å². The van der Waals surface area contributed by atoms with Crippen LogP contribution in [0.4, 0.5) is 0 Å². The first-order valence-corrected chi connectivity index (χ1v) is 6.29. The van der Waals surface area contributed by atoms with Crippen LogP contribution in [0.25, 0.3) is 0 Å². The summed E-state index contributed by atoms with van der Waals surface area (Å²) in [6.45, 7) is 1.87. The zero-order chi connectivity index (χ0) is 12.8. The van der Waals surface area contributed by atoms with Crippen molar-refractivity contribution in [3.05, 3.63) is 24.3 Å². The van der Waals surface area contributed by atoms with Crippen molar-refractivity contribution in [1.29, 1.82) is 0 Å². The predicted molar refractivity (Wildman–Crippen MR) is 70.7 cm³/mol. The fraction of sp³-hybridized carbons (Fsp3) is 0.455. The van der Waals surface area contributed by atoms with E-state index < -0.39 is 0 Å². The third-order valence-corrected chi connectivity index (χ3v) is 3.08. The maximum Gasteiger partial charge on any atom is 0.289 e. The summed E-state index contributed by atoms with van der Waals surface area (Å²) in [6.07, 6.45) is 7.91. The number of nitrogens with zero attached hydrogens (tertiary/aromatic N) is 3. The molecule has 2 rings (SSSR count). The van der Waals surface area contributed by atoms with Crippen molar-refractivity contribution in [2.45, 2.75) is 19.3 Å². The van der Waals surface area contributed by atoms with E-state index in [1.165, 1.54) is 25.0 Å². The monoisotopic (exact) mass is 265 g/mol. The Labute approximate surface area is 111 Å². The molecule has 1 aliphatic heterocycles. The van der Waals surface area contributed by atoms with Gasteiger partial charge in [-0.15, -0.1) is 0 Å². The molecule has 2 N–H and O–H groups in total. The number of hydrazine groups is 1. The molecule has 18 heavy (non-hydrogen) atoms. The minimum absolute atomic E-state index is 0.256. The van der Waals surface area contributed by atoms with Crippen molar-refractivity contribution in [3.8, 4) is 0 Å². The van der Waals surface area contributed by atoms with E-state index in [1.54, 1.807) is 0 Å². The van der Waals surface area contributed by atoms with E-state index in [9.17, 15) is 4.79 Å². The molecular formula is C11H15N5OS. The Morgan fingerprint density at radius 1 is 1.22 bits per heavy atom. The van der Waals surface area contributed by atoms with Crippen LogP contribution in [0.2, 0.25) is 0 Å². The Kier molecular flexibility index (Phi) is 4.40. The molecule has 0 spiro atoms. The lowest BCUT2D eigenvalue weighted by Crippen LogP contribution is -2.50. The molecule has 1 saturated heterocycles. The molecule has 1 aromatic rings. The summed E-state index contributed by atoms with van der Waals surface area (Å²) in [7, 11) is 0. The molecule has 1 amide bonds. The molecule has 96 valence electrons. The summed E-state index contributed by atoms with van der Waals surface area (Å²) in [5.74, 6) is -0.345. The fourth-order valence-electron chi connectivity index (χ4n) is 1.77. The van der Waals surface area contributed by atoms with E-state index in [2.05, 4.69) is 25.7 Å². The highest BCUT2D eigenvalue weighted by Crippen LogP contribution is 2.08. The number of likely N-dealkylation sites (tertiary alicyclic amines) is 1. The second-order valence-corrected chi connectivity index (χ2v) is 4.41. The first-order chi connectivity index (χ1) is 8.77. The number of carbonyl (C=O) groups is 1. The molecule has 6 nitrogen and oxygen atoms in total. The number of thiocarbonyl (C=S) groups is 1. The standard InChI is InChI=1S/C11H15N5OS/c17-10(9-8-12-4-5-13-9)14-15-11(18)16-6-2-1-3-7-16/h4-5,8H,1-3,6-7H2,(H,14,17)(H,15,18). The van der Waals surface area contributed by atoms with Crippen LogP contribution in [-0.4, -0.2) is 39.0 Å². The predicted octanol–water partition coefficient (Wildman–Crippen LogP) is 0.482. The first-order valence-electron chi connectivity index (χ1n) is 5.88. The van der Waals surface area contributed by atoms with Gasteiger partial charge in [0.15, 0.2) is 5.11 Å². The van der Waals surface area contributed by atoms with Crippen LogP contribution in [0.15, 0.2) is 18.6 Å². The van der Waals surface area contributed by atoms with Gasteiger partial charge in [-0.25, -0.2) is 4.98 Å². The summed E-state index contributed by atoms with van der Waals surface area (Å²) < 4.78 is 0. The van der Waals surface area contributed by atoms with Gasteiger partial charge in [-0.05, 0) is 31.5 Å². The van der Waals surface area contributed by atoms with Gasteiger partial charge in [-0.2, -0.15) is 0 Å². The van der Waals surface area contributed by atoms with Gasteiger partial charge < -0.3 is 4.90 Å². The average Bonchev–Trinajstić information content (AvgIpc) is 2.46. The van der Waals surface area contributed by atoms with Crippen LogP contribution >= 0.6 is 12.2 Å². The average molecular weight is 265 g/mol. The highest BCUT2D eigenvalue weighted by molar-refractivity contribution is 7.80. The number of hydrogen-bond donors (Lipinski definition) is 2. The quantitative estimate of drug-likeness (QED) is 0.568. The number of piperidine rings is 1. The first kappa shape index (κ1) is 12.7. The molecule has 7 heteroatoms. The molecule has 1 aliphatic rings. The van der Waals surface area contributed by atoms with Gasteiger partial charge in [0.05, 0.1) is 6.20 Å². The highest BCUT2D eigenvalue weighted by atomic mass is 32.1. The van der Waals surface area contributed by atoms with Gasteiger partial charge in [0.2, 0.25) is 0 Å². The van der Waals surface area contributed by atoms with Crippen molar-refractivity contribution in [2.75, 3.05) is 13.1 Å². The Balaban J connectivity index is 1.80. The molecule has 0 aromatic carbocycles. The zero-order valence-electron chi connectivity index (χ0n) is 9.93. The number of carbonyl (C=O) groups excluding carboxylic acids is 1. The normalized spacial score (nSPS) is 15.0. The second-order valence-electron chi connectivity index (χ2n) is 4.02. The Morgan fingerprint density at radius 2 is 2.00 bits per heavy atom. The molecule has 2 heterocycles. The Morgan fingerprint density at radius 3 is 2.67 bits per heavy atom. The van der Waals surface area contributed by atoms with E-state index >= 15 is 0 Å². The summed E-state index contributed by atoms with van der Waals surface area (Å²) >= 11 is 5.21. The van der Waals surface area contributed by atoms with Gasteiger partial charge in [-0.3, -0.25) is 20.6 Å². The van der Waals surface area contributed by atoms with Gasteiger partial charge >= 0.3 is 0 Å². The third-order valence-electron chi connectivity index (χ3n) is 2.72. The van der Waals surface area contributed by atoms with Crippen LogP contribution in [-0.2, 0) is 0 Å². The lowest BCUT2D eigenvalue weighted by atomic mass is 10.1. The van der Waals surface area contributed by atoms with Gasteiger partial charge in [0.1, 0.15) is 5.69 Å². The second kappa shape index (κ2) is 6.25. The number of rotatable bonds is 1. The Bertz CT molecular complexity index is 419. The molecule has 0 saturated carbocycles. The molecule has 1 aromatic heterocycles. The lowest BCUT2D eigenvalue weighted by Gasteiger charge is -2.29. The van der Waals surface area contributed by atoms with Crippen molar-refractivity contribution in [2.24, 2.45) is 0 Å². The van der Waals surface area contributed by atoms with Gasteiger partial charge in [0, 0.05) is 25.5 Å². The lowest BCUT2D eigenvalue weighted by molar-refractivity contribution is 0.0936. The van der Waals surface area contributed by atoms with Crippen molar-refractivity contribution >= 4 is 23.2 Å². The van der Waals surface area contributed by atoms with Crippen LogP contribution < -0.4 is 10.9 Å². The summed E-state index contributed by atoms with van der Waals surface area (Å²) in [5, 5.41) is 0.548. The fourth-order valence-corrected chi connectivity index (χ4v) is 2.00. The SMILES string of the molecule is O=C(NNC(=S)N1CCCCC1)c1cnccn1. The van der Waals surface area contributed by atoms with Crippen LogP contribution in [0.5, 0.6) is 0 Å². The van der Waals surface area contributed by atoms with Crippen LogP contribution in [0.1, 0.15) is 29.8 Å². The van der Waals surface area contributed by atoms with E-state index in [1.807, 2.05) is 0 Å². The molecular weight excluding hydrogens is 250 g/mol. The molecule has 0 atom stereocenters. The molecule has 1 fully saturated rings. The largest absolute Gasteiger partial charge is 0.348 e. The maximum absolute atomic E-state index is 11.7. The number of nitrogens with one attached hydrogen (secondary N) is 2. The van der Waals surface area contributed by atoms with Crippen molar-refractivity contribution in [3.63, 3.8) is 0 Å². The van der Waals surface area contributed by atoms with E-state index in [0.717, 1.165) is 25.9 Å². The zero-order valence-corrected chi connectivity index (χ0v) is 10.7. The summed E-state index contributed by atoms with van der Waals surface area (Å²) in [6, 6.07) is 0. The minimum Gasteiger partial charge on any atom is -0.348 e. The Hall–Kier alpha value is -1.76. The molecule has 0 unspecified atom stereocenters. The van der Waals surface area contributed by atoms with Gasteiger partial charge in [0.25, 0.3) is 5.91 Å². The molecule has 0 radical (unpaired) electrons. The summed E-state index contributed by atoms with van der Waals surface area (Å²) in [5.41, 5.74) is 5.52. The van der Waals surface area contributed by atoms with E-state index in [-0.39, 0.29) is 11.6 Å². The molecule has 0 aliphatic carbocycles. The topological polar surface area (TPSA) is 70.2 Å². The highest BCUT2D eigenvalue weighted by Gasteiger charge is 2.14. The van der Waals surface area contributed by atoms with Crippen molar-refractivity contribution < 1.29 is 4.79 Å². The smallest absolute Gasteiger partial charge is 0.289 e. The van der Waals surface area contributed by atoms with Crippen LogP contribution in [0, 0.1) is 0 Å². The maximum atomic E-state index is 11.7. The number of amides is 1. The number of aromatic nitrogens is 2. The third kappa shape index (κ3) is 3.36. The van der Waals surface area contributed by atoms with Crippen LogP contribution in [0.3, 0.4) is 0 Å². The van der Waals surface area contributed by atoms with E-state index in [4.69, 9.17) is 12.2 Å². The molecule has 0 bridgehead atoms. The number of hydrogen-bond acceptors (Lipinski definition) is 4. The minimum atomic E-state index is -0.345. The van der Waals surface area contributed by atoms with Crippen molar-refractivity contribution in [1.82, 2.24) is 25.7 Å². The van der Waals surface area contributed by atoms with E-state index in [0.29, 0.717) is 5.11 Å².